The van der Waals surface area contributed by atoms with E-state index < -0.39 is 35.2 Å². The van der Waals surface area contributed by atoms with Crippen molar-refractivity contribution in [3.05, 3.63) is 46.4 Å². The van der Waals surface area contributed by atoms with Crippen molar-refractivity contribution in [3.63, 3.8) is 0 Å². The lowest BCUT2D eigenvalue weighted by molar-refractivity contribution is 0.0351. The van der Waals surface area contributed by atoms with E-state index in [9.17, 15) is 30.2 Å². The molecule has 0 spiro atoms. The lowest BCUT2D eigenvalue weighted by atomic mass is 9.91. The van der Waals surface area contributed by atoms with Crippen molar-refractivity contribution in [3.8, 4) is 23.0 Å². The summed E-state index contributed by atoms with van der Waals surface area (Å²) in [6.07, 6.45) is -1.13. The Labute approximate surface area is 134 Å². The molecule has 5 N–H and O–H groups in total. The Morgan fingerprint density at radius 3 is 2.33 bits per heavy atom. The van der Waals surface area contributed by atoms with Crippen LogP contribution in [0.5, 0.6) is 23.0 Å². The maximum Gasteiger partial charge on any atom is 0.200 e. The van der Waals surface area contributed by atoms with Crippen molar-refractivity contribution in [2.24, 2.45) is 5.18 Å². The van der Waals surface area contributed by atoms with Gasteiger partial charge >= 0.3 is 0 Å². The maximum absolute atomic E-state index is 12.5. The summed E-state index contributed by atoms with van der Waals surface area (Å²) < 4.78 is 5.64. The summed E-state index contributed by atoms with van der Waals surface area (Å²) in [4.78, 5) is 23.1. The van der Waals surface area contributed by atoms with E-state index in [0.29, 0.717) is 0 Å². The van der Waals surface area contributed by atoms with Crippen molar-refractivity contribution < 1.29 is 30.1 Å². The molecule has 0 aromatic heterocycles. The molecule has 2 aromatic rings. The van der Waals surface area contributed by atoms with E-state index >= 15 is 0 Å². The highest BCUT2D eigenvalue weighted by molar-refractivity contribution is 6.04. The number of carbonyl (C=O) groups is 1. The number of Topliss-reactive ketones (excluding diaryl/α,β-unsaturated/α-hetero) is 1. The molecule has 1 aliphatic heterocycles. The maximum atomic E-state index is 12.5. The first-order chi connectivity index (χ1) is 11.5. The van der Waals surface area contributed by atoms with Gasteiger partial charge in [0.2, 0.25) is 0 Å². The number of hydroxylamine groups is 1. The van der Waals surface area contributed by atoms with Crippen molar-refractivity contribution in [1.82, 2.24) is 5.48 Å². The van der Waals surface area contributed by atoms with Crippen LogP contribution in [0.2, 0.25) is 0 Å². The highest BCUT2D eigenvalue weighted by atomic mass is 16.5. The first-order valence-electron chi connectivity index (χ1n) is 6.79. The van der Waals surface area contributed by atoms with Gasteiger partial charge in [0.15, 0.2) is 23.0 Å². The number of nitrogens with zero attached hydrogens (tertiary/aromatic N) is 1. The fourth-order valence-electron chi connectivity index (χ4n) is 2.56. The Hall–Kier alpha value is -3.17. The number of fused-ring (bicyclic) bond motifs is 1. The van der Waals surface area contributed by atoms with E-state index in [1.54, 1.807) is 0 Å². The minimum atomic E-state index is -1.23. The van der Waals surface area contributed by atoms with E-state index in [0.717, 1.165) is 12.1 Å². The van der Waals surface area contributed by atoms with E-state index in [4.69, 9.17) is 4.74 Å². The average Bonchev–Trinajstić information content (AvgIpc) is 2.58. The Kier molecular flexibility index (Phi) is 3.80. The van der Waals surface area contributed by atoms with Crippen LogP contribution < -0.4 is 10.2 Å². The molecule has 0 saturated carbocycles. The molecular formula is C15H12N2O7. The standard InChI is InChI=1S/C15H12N2O7/c18-9-3-6(4-10(19)14(9)21)15-12(17-23)13(20)8-2-1-7(16-22)5-11(8)24-15/h1-5,12,15,17-19,21,23H/t12?,15-/m1/s1. The van der Waals surface area contributed by atoms with Gasteiger partial charge in [-0.25, -0.2) is 0 Å². The molecule has 9 nitrogen and oxygen atoms in total. The second-order valence-corrected chi connectivity index (χ2v) is 5.19. The average molecular weight is 332 g/mol. The quantitative estimate of drug-likeness (QED) is 0.325. The van der Waals surface area contributed by atoms with Crippen LogP contribution in [0.4, 0.5) is 5.69 Å². The fourth-order valence-corrected chi connectivity index (χ4v) is 2.56. The second kappa shape index (κ2) is 5.80. The number of rotatable bonds is 3. The van der Waals surface area contributed by atoms with Crippen molar-refractivity contribution in [2.45, 2.75) is 12.1 Å². The summed E-state index contributed by atoms with van der Waals surface area (Å²) >= 11 is 0. The Bertz CT molecular complexity index is 814. The van der Waals surface area contributed by atoms with Crippen LogP contribution in [0.1, 0.15) is 22.0 Å². The molecule has 0 fully saturated rings. The van der Waals surface area contributed by atoms with Gasteiger partial charge < -0.3 is 25.3 Å². The van der Waals surface area contributed by atoms with E-state index in [-0.39, 0.29) is 22.6 Å². The molecule has 1 aliphatic rings. The number of hydrogen-bond donors (Lipinski definition) is 5. The van der Waals surface area contributed by atoms with Crippen molar-refractivity contribution >= 4 is 11.5 Å². The molecule has 1 heterocycles. The third kappa shape index (κ3) is 2.41. The van der Waals surface area contributed by atoms with Crippen molar-refractivity contribution in [1.29, 1.82) is 0 Å². The van der Waals surface area contributed by atoms with Crippen LogP contribution in [0, 0.1) is 4.91 Å². The third-order valence-electron chi connectivity index (χ3n) is 3.73. The number of phenols is 3. The van der Waals surface area contributed by atoms with Crippen LogP contribution in [0.3, 0.4) is 0 Å². The summed E-state index contributed by atoms with van der Waals surface area (Å²) in [5.41, 5.74) is 2.15. The van der Waals surface area contributed by atoms with Crippen molar-refractivity contribution in [2.75, 3.05) is 0 Å². The topological polar surface area (TPSA) is 149 Å². The molecule has 1 unspecified atom stereocenters. The van der Waals surface area contributed by atoms with Gasteiger partial charge in [-0.3, -0.25) is 4.79 Å². The van der Waals surface area contributed by atoms with Crippen LogP contribution in [-0.2, 0) is 0 Å². The molecule has 0 saturated heterocycles. The number of nitroso groups, excluding NO2 is 1. The molecule has 2 atom stereocenters. The van der Waals surface area contributed by atoms with Gasteiger partial charge in [0.05, 0.1) is 5.56 Å². The minimum Gasteiger partial charge on any atom is -0.504 e. The third-order valence-corrected chi connectivity index (χ3v) is 3.73. The lowest BCUT2D eigenvalue weighted by Gasteiger charge is -2.32. The lowest BCUT2D eigenvalue weighted by Crippen LogP contribution is -2.45. The molecule has 24 heavy (non-hydrogen) atoms. The van der Waals surface area contributed by atoms with E-state index in [2.05, 4.69) is 5.18 Å². The van der Waals surface area contributed by atoms with Crippen LogP contribution in [0.25, 0.3) is 0 Å². The Morgan fingerprint density at radius 1 is 1.08 bits per heavy atom. The predicted octanol–water partition coefficient (Wildman–Crippen LogP) is 1.87. The molecular weight excluding hydrogens is 320 g/mol. The summed E-state index contributed by atoms with van der Waals surface area (Å²) in [7, 11) is 0. The SMILES string of the molecule is O=Nc1ccc2c(c1)O[C@H](c1cc(O)c(O)c(O)c1)C(NO)C2=O. The molecule has 0 aliphatic carbocycles. The summed E-state index contributed by atoms with van der Waals surface area (Å²) in [5.74, 6) is -2.41. The number of phenolic OH excluding ortho intramolecular Hbond substituents is 3. The molecule has 0 amide bonds. The van der Waals surface area contributed by atoms with Gasteiger partial charge in [0.25, 0.3) is 0 Å². The van der Waals surface area contributed by atoms with E-state index in [1.807, 2.05) is 5.48 Å². The molecule has 0 bridgehead atoms. The summed E-state index contributed by atoms with van der Waals surface area (Å²) in [6, 6.07) is 4.90. The number of ketones is 1. The molecule has 0 radical (unpaired) electrons. The summed E-state index contributed by atoms with van der Waals surface area (Å²) in [5, 5.41) is 40.7. The van der Waals surface area contributed by atoms with Gasteiger partial charge in [-0.15, -0.1) is 4.91 Å². The molecule has 2 aromatic carbocycles. The summed E-state index contributed by atoms with van der Waals surface area (Å²) in [6.45, 7) is 0. The van der Waals surface area contributed by atoms with Gasteiger partial charge in [0.1, 0.15) is 23.6 Å². The number of hydrogen-bond acceptors (Lipinski definition) is 9. The predicted molar refractivity (Wildman–Crippen MR) is 79.7 cm³/mol. The monoisotopic (exact) mass is 332 g/mol. The zero-order valence-electron chi connectivity index (χ0n) is 12.0. The number of ether oxygens (including phenoxy) is 1. The second-order valence-electron chi connectivity index (χ2n) is 5.19. The Balaban J connectivity index is 2.10. The zero-order chi connectivity index (χ0) is 17.4. The first kappa shape index (κ1) is 15.7. The van der Waals surface area contributed by atoms with E-state index in [1.165, 1.54) is 18.2 Å². The smallest absolute Gasteiger partial charge is 0.200 e. The highest BCUT2D eigenvalue weighted by Crippen LogP contribution is 2.42. The van der Waals surface area contributed by atoms with Gasteiger partial charge in [-0.2, -0.15) is 5.48 Å². The highest BCUT2D eigenvalue weighted by Gasteiger charge is 2.39. The minimum absolute atomic E-state index is 0.0482. The molecule has 3 rings (SSSR count). The number of nitrogens with one attached hydrogen (secondary N) is 1. The van der Waals surface area contributed by atoms with Gasteiger partial charge in [0, 0.05) is 11.6 Å². The number of carbonyl (C=O) groups excluding carboxylic acids is 1. The first-order valence-corrected chi connectivity index (χ1v) is 6.79. The molecule has 9 heteroatoms. The number of benzene rings is 2. The van der Waals surface area contributed by atoms with Crippen LogP contribution >= 0.6 is 0 Å². The molecule has 124 valence electrons. The Morgan fingerprint density at radius 2 is 1.75 bits per heavy atom. The van der Waals surface area contributed by atoms with Gasteiger partial charge in [-0.1, -0.05) is 0 Å². The van der Waals surface area contributed by atoms with Crippen LogP contribution in [-0.4, -0.2) is 32.4 Å². The number of aromatic hydroxyl groups is 3. The van der Waals surface area contributed by atoms with Gasteiger partial charge in [-0.05, 0) is 29.4 Å². The fraction of sp³-hybridized carbons (Fsp3) is 0.133. The normalized spacial score (nSPS) is 19.5. The zero-order valence-corrected chi connectivity index (χ0v) is 12.0. The largest absolute Gasteiger partial charge is 0.504 e. The van der Waals surface area contributed by atoms with Crippen LogP contribution in [0.15, 0.2) is 35.5 Å².